The van der Waals surface area contributed by atoms with Gasteiger partial charge in [0.2, 0.25) is 0 Å². The van der Waals surface area contributed by atoms with Crippen LogP contribution in [0, 0.1) is 0 Å². The van der Waals surface area contributed by atoms with Crippen molar-refractivity contribution < 1.29 is 5.21 Å². The molecule has 0 saturated heterocycles. The fourth-order valence-electron chi connectivity index (χ4n) is 2.22. The van der Waals surface area contributed by atoms with Gasteiger partial charge < -0.3 is 15.5 Å². The van der Waals surface area contributed by atoms with E-state index in [0.717, 1.165) is 25.0 Å². The summed E-state index contributed by atoms with van der Waals surface area (Å²) >= 11 is 1.36. The maximum Gasteiger partial charge on any atom is 0.197 e. The van der Waals surface area contributed by atoms with Gasteiger partial charge in [-0.3, -0.25) is 0 Å². The van der Waals surface area contributed by atoms with Crippen LogP contribution in [0.3, 0.4) is 0 Å². The van der Waals surface area contributed by atoms with Crippen LogP contribution < -0.4 is 5.73 Å². The van der Waals surface area contributed by atoms with Crippen molar-refractivity contribution in [1.29, 1.82) is 0 Å². The molecule has 0 aromatic carbocycles. The minimum absolute atomic E-state index is 0.0665. The van der Waals surface area contributed by atoms with Gasteiger partial charge in [0.15, 0.2) is 11.0 Å². The van der Waals surface area contributed by atoms with Gasteiger partial charge in [-0.2, -0.15) is 0 Å². The first-order valence-electron chi connectivity index (χ1n) is 6.21. The summed E-state index contributed by atoms with van der Waals surface area (Å²) in [4.78, 5) is 4.65. The van der Waals surface area contributed by atoms with E-state index in [9.17, 15) is 0 Å². The molecule has 0 amide bonds. The lowest BCUT2D eigenvalue weighted by Gasteiger charge is -2.09. The van der Waals surface area contributed by atoms with Gasteiger partial charge in [0, 0.05) is 12.7 Å². The lowest BCUT2D eigenvalue weighted by atomic mass is 10.1. The fourth-order valence-corrected chi connectivity index (χ4v) is 3.10. The summed E-state index contributed by atoms with van der Waals surface area (Å²) in [5.74, 6) is 0.0665. The van der Waals surface area contributed by atoms with Crippen molar-refractivity contribution >= 4 is 17.6 Å². The Balaban J connectivity index is 2.06. The number of pyridine rings is 1. The van der Waals surface area contributed by atoms with E-state index in [1.807, 2.05) is 13.1 Å². The number of nitrogens with two attached hydrogens (primary N) is 1. The molecule has 2 aromatic heterocycles. The summed E-state index contributed by atoms with van der Waals surface area (Å²) in [7, 11) is 1.86. The van der Waals surface area contributed by atoms with Gasteiger partial charge in [0.25, 0.3) is 0 Å². The standard InChI is InChI=1S/C12H14N6OS/c1-18-6-14-16-12(18)20-11-8(10(13)17-19)5-7-3-2-4-9(7)15-11/h5-6,19H,2-4H2,1H3,(H2,13,17). The van der Waals surface area contributed by atoms with Crippen molar-refractivity contribution in [2.24, 2.45) is 17.9 Å². The molecular formula is C12H14N6OS. The Morgan fingerprint density at radius 1 is 1.50 bits per heavy atom. The van der Waals surface area contributed by atoms with Crippen LogP contribution in [0.2, 0.25) is 0 Å². The van der Waals surface area contributed by atoms with Crippen LogP contribution in [-0.4, -0.2) is 30.8 Å². The number of oxime groups is 1. The van der Waals surface area contributed by atoms with Gasteiger partial charge in [-0.1, -0.05) is 5.16 Å². The van der Waals surface area contributed by atoms with Crippen molar-refractivity contribution in [2.75, 3.05) is 0 Å². The zero-order chi connectivity index (χ0) is 14.1. The maximum atomic E-state index is 8.93. The molecule has 0 atom stereocenters. The Morgan fingerprint density at radius 2 is 2.35 bits per heavy atom. The van der Waals surface area contributed by atoms with Crippen LogP contribution in [-0.2, 0) is 19.9 Å². The summed E-state index contributed by atoms with van der Waals surface area (Å²) in [5, 5.41) is 21.3. The second-order valence-corrected chi connectivity index (χ2v) is 5.57. The topological polar surface area (TPSA) is 102 Å². The molecule has 0 radical (unpaired) electrons. The number of aromatic nitrogens is 4. The first-order chi connectivity index (χ1) is 9.69. The van der Waals surface area contributed by atoms with E-state index in [0.29, 0.717) is 15.7 Å². The molecule has 7 nitrogen and oxygen atoms in total. The van der Waals surface area contributed by atoms with Gasteiger partial charge >= 0.3 is 0 Å². The average molecular weight is 290 g/mol. The van der Waals surface area contributed by atoms with E-state index in [4.69, 9.17) is 10.9 Å². The molecule has 0 saturated carbocycles. The molecule has 3 N–H and O–H groups in total. The van der Waals surface area contributed by atoms with Crippen molar-refractivity contribution in [3.05, 3.63) is 29.2 Å². The van der Waals surface area contributed by atoms with Gasteiger partial charge in [-0.25, -0.2) is 4.98 Å². The number of fused-ring (bicyclic) bond motifs is 1. The van der Waals surface area contributed by atoms with E-state index in [2.05, 4.69) is 20.3 Å². The molecular weight excluding hydrogens is 276 g/mol. The van der Waals surface area contributed by atoms with E-state index in [1.165, 1.54) is 17.3 Å². The first kappa shape index (κ1) is 12.9. The summed E-state index contributed by atoms with van der Waals surface area (Å²) in [6, 6.07) is 1.96. The highest BCUT2D eigenvalue weighted by molar-refractivity contribution is 7.99. The summed E-state index contributed by atoms with van der Waals surface area (Å²) in [6.07, 6.45) is 4.68. The van der Waals surface area contributed by atoms with Crippen molar-refractivity contribution in [3.63, 3.8) is 0 Å². The third kappa shape index (κ3) is 2.22. The van der Waals surface area contributed by atoms with E-state index in [-0.39, 0.29) is 5.84 Å². The number of amidine groups is 1. The molecule has 8 heteroatoms. The number of hydrogen-bond acceptors (Lipinski definition) is 6. The summed E-state index contributed by atoms with van der Waals surface area (Å²) < 4.78 is 1.80. The Hall–Kier alpha value is -2.09. The molecule has 1 aliphatic rings. The van der Waals surface area contributed by atoms with Crippen LogP contribution in [0.1, 0.15) is 23.2 Å². The molecule has 2 heterocycles. The molecule has 104 valence electrons. The Labute approximate surface area is 119 Å². The average Bonchev–Trinajstić information content (AvgIpc) is 3.06. The number of aryl methyl sites for hydroxylation is 3. The van der Waals surface area contributed by atoms with E-state index < -0.39 is 0 Å². The fraction of sp³-hybridized carbons (Fsp3) is 0.333. The quantitative estimate of drug-likeness (QED) is 0.377. The third-order valence-corrected chi connectivity index (χ3v) is 4.31. The largest absolute Gasteiger partial charge is 0.409 e. The Kier molecular flexibility index (Phi) is 3.31. The van der Waals surface area contributed by atoms with Crippen molar-refractivity contribution in [1.82, 2.24) is 19.7 Å². The zero-order valence-electron chi connectivity index (χ0n) is 10.9. The van der Waals surface area contributed by atoms with E-state index in [1.54, 1.807) is 10.9 Å². The zero-order valence-corrected chi connectivity index (χ0v) is 11.8. The second kappa shape index (κ2) is 5.12. The Bertz CT molecular complexity index is 681. The highest BCUT2D eigenvalue weighted by atomic mass is 32.2. The smallest absolute Gasteiger partial charge is 0.197 e. The van der Waals surface area contributed by atoms with Gasteiger partial charge in [0.1, 0.15) is 11.4 Å². The summed E-state index contributed by atoms with van der Waals surface area (Å²) in [6.45, 7) is 0. The molecule has 0 unspecified atom stereocenters. The molecule has 20 heavy (non-hydrogen) atoms. The van der Waals surface area contributed by atoms with E-state index >= 15 is 0 Å². The van der Waals surface area contributed by atoms with Crippen LogP contribution in [0.5, 0.6) is 0 Å². The van der Waals surface area contributed by atoms with Crippen LogP contribution in [0.25, 0.3) is 0 Å². The Morgan fingerprint density at radius 3 is 3.05 bits per heavy atom. The van der Waals surface area contributed by atoms with Crippen LogP contribution in [0.15, 0.2) is 27.7 Å². The predicted molar refractivity (Wildman–Crippen MR) is 73.9 cm³/mol. The number of hydrogen-bond donors (Lipinski definition) is 2. The van der Waals surface area contributed by atoms with Gasteiger partial charge in [-0.05, 0) is 42.7 Å². The lowest BCUT2D eigenvalue weighted by molar-refractivity contribution is 0.318. The maximum absolute atomic E-state index is 8.93. The summed E-state index contributed by atoms with van der Waals surface area (Å²) in [5.41, 5.74) is 8.66. The van der Waals surface area contributed by atoms with Crippen molar-refractivity contribution in [2.45, 2.75) is 29.4 Å². The van der Waals surface area contributed by atoms with Gasteiger partial charge in [0.05, 0.1) is 5.56 Å². The normalized spacial score (nSPS) is 14.6. The highest BCUT2D eigenvalue weighted by Gasteiger charge is 2.20. The molecule has 0 spiro atoms. The second-order valence-electron chi connectivity index (χ2n) is 4.61. The molecule has 0 aliphatic heterocycles. The molecule has 1 aliphatic carbocycles. The number of rotatable bonds is 3. The highest BCUT2D eigenvalue weighted by Crippen LogP contribution is 2.31. The SMILES string of the molecule is Cn1cnnc1Sc1nc2c(cc1C(N)=NO)CCC2. The van der Waals surface area contributed by atoms with Crippen molar-refractivity contribution in [3.8, 4) is 0 Å². The molecule has 3 rings (SSSR count). The van der Waals surface area contributed by atoms with Gasteiger partial charge in [-0.15, -0.1) is 10.2 Å². The minimum Gasteiger partial charge on any atom is -0.409 e. The third-order valence-electron chi connectivity index (χ3n) is 3.26. The van der Waals surface area contributed by atoms with Crippen LogP contribution >= 0.6 is 11.8 Å². The lowest BCUT2D eigenvalue weighted by Crippen LogP contribution is -2.16. The van der Waals surface area contributed by atoms with Crippen LogP contribution in [0.4, 0.5) is 0 Å². The first-order valence-corrected chi connectivity index (χ1v) is 7.03. The number of nitrogens with zero attached hydrogens (tertiary/aromatic N) is 5. The molecule has 0 bridgehead atoms. The predicted octanol–water partition coefficient (Wildman–Crippen LogP) is 0.944. The monoisotopic (exact) mass is 290 g/mol. The minimum atomic E-state index is 0.0665. The molecule has 0 fully saturated rings. The molecule has 2 aromatic rings.